The molecule has 124 valence electrons. The molecule has 0 spiro atoms. The fourth-order valence-corrected chi connectivity index (χ4v) is 6.17. The second kappa shape index (κ2) is 6.91. The van der Waals surface area contributed by atoms with Gasteiger partial charge in [0.2, 0.25) is 0 Å². The third-order valence-electron chi connectivity index (χ3n) is 4.29. The van der Waals surface area contributed by atoms with Gasteiger partial charge in [0.25, 0.3) is 10.2 Å². The minimum atomic E-state index is -3.48. The van der Waals surface area contributed by atoms with Gasteiger partial charge in [0.15, 0.2) is 9.84 Å². The van der Waals surface area contributed by atoms with Crippen LogP contribution in [0.15, 0.2) is 0 Å². The first-order valence-electron chi connectivity index (χ1n) is 7.42. The molecule has 0 bridgehead atoms. The second-order valence-electron chi connectivity index (χ2n) is 6.02. The van der Waals surface area contributed by atoms with Gasteiger partial charge in [-0.1, -0.05) is 0 Å². The van der Waals surface area contributed by atoms with Gasteiger partial charge in [-0.3, -0.25) is 0 Å². The average Bonchev–Trinajstić information content (AvgIpc) is 2.77. The molecule has 0 aromatic rings. The topological polar surface area (TPSA) is 95.6 Å². The molecule has 2 heterocycles. The highest BCUT2D eigenvalue weighted by molar-refractivity contribution is 7.91. The Morgan fingerprint density at radius 2 is 1.76 bits per heavy atom. The molecule has 0 aromatic heterocycles. The van der Waals surface area contributed by atoms with Crippen LogP contribution in [0.2, 0.25) is 0 Å². The number of nitrogens with one attached hydrogen (secondary N) is 2. The van der Waals surface area contributed by atoms with Crippen molar-refractivity contribution in [1.82, 2.24) is 14.3 Å². The zero-order chi connectivity index (χ0) is 15.5. The molecule has 2 rings (SSSR count). The van der Waals surface area contributed by atoms with Crippen molar-refractivity contribution in [2.75, 3.05) is 44.7 Å². The van der Waals surface area contributed by atoms with Crippen LogP contribution in [0.25, 0.3) is 0 Å². The van der Waals surface area contributed by atoms with E-state index < -0.39 is 20.0 Å². The van der Waals surface area contributed by atoms with Crippen LogP contribution in [0, 0.1) is 11.8 Å². The van der Waals surface area contributed by atoms with E-state index in [1.165, 1.54) is 4.31 Å². The van der Waals surface area contributed by atoms with Gasteiger partial charge in [-0.15, -0.1) is 0 Å². The van der Waals surface area contributed by atoms with Crippen LogP contribution in [0.4, 0.5) is 0 Å². The number of sulfone groups is 1. The molecule has 1 unspecified atom stereocenters. The summed E-state index contributed by atoms with van der Waals surface area (Å²) in [6.45, 7) is 2.20. The summed E-state index contributed by atoms with van der Waals surface area (Å²) >= 11 is 0. The zero-order valence-corrected chi connectivity index (χ0v) is 14.0. The highest BCUT2D eigenvalue weighted by Gasteiger charge is 2.31. The van der Waals surface area contributed by atoms with E-state index in [0.717, 1.165) is 19.4 Å². The lowest BCUT2D eigenvalue weighted by Gasteiger charge is -2.31. The Morgan fingerprint density at radius 1 is 1.10 bits per heavy atom. The molecule has 2 saturated heterocycles. The molecule has 2 fully saturated rings. The van der Waals surface area contributed by atoms with Crippen LogP contribution in [-0.4, -0.2) is 65.9 Å². The van der Waals surface area contributed by atoms with Crippen molar-refractivity contribution in [2.45, 2.75) is 19.3 Å². The smallest absolute Gasteiger partial charge is 0.279 e. The standard InChI is InChI=1S/C12H25N3O4S2/c1-13-8-11-2-5-15(6-3-11)21(18,19)14-9-12-4-7-20(16,17)10-12/h11-14H,2-10H2,1H3. The fourth-order valence-electron chi connectivity index (χ4n) is 2.99. The first-order chi connectivity index (χ1) is 9.82. The average molecular weight is 339 g/mol. The van der Waals surface area contributed by atoms with Crippen LogP contribution in [0.5, 0.6) is 0 Å². The number of piperidine rings is 1. The number of hydrogen-bond acceptors (Lipinski definition) is 5. The van der Waals surface area contributed by atoms with E-state index in [-0.39, 0.29) is 24.0 Å². The maximum Gasteiger partial charge on any atom is 0.279 e. The van der Waals surface area contributed by atoms with E-state index in [1.807, 2.05) is 7.05 Å². The van der Waals surface area contributed by atoms with E-state index in [0.29, 0.717) is 25.4 Å². The third-order valence-corrected chi connectivity index (χ3v) is 7.70. The van der Waals surface area contributed by atoms with Gasteiger partial charge in [0.1, 0.15) is 0 Å². The summed E-state index contributed by atoms with van der Waals surface area (Å²) in [7, 11) is -4.53. The van der Waals surface area contributed by atoms with Crippen molar-refractivity contribution in [3.63, 3.8) is 0 Å². The summed E-state index contributed by atoms with van der Waals surface area (Å²) in [5, 5.41) is 3.12. The summed E-state index contributed by atoms with van der Waals surface area (Å²) in [4.78, 5) is 0. The molecule has 2 aliphatic heterocycles. The monoisotopic (exact) mass is 339 g/mol. The van der Waals surface area contributed by atoms with Crippen LogP contribution in [0.3, 0.4) is 0 Å². The van der Waals surface area contributed by atoms with E-state index >= 15 is 0 Å². The second-order valence-corrected chi connectivity index (χ2v) is 10.0. The largest absolute Gasteiger partial charge is 0.319 e. The van der Waals surface area contributed by atoms with Crippen molar-refractivity contribution < 1.29 is 16.8 Å². The van der Waals surface area contributed by atoms with Crippen LogP contribution < -0.4 is 10.0 Å². The van der Waals surface area contributed by atoms with Crippen LogP contribution in [0.1, 0.15) is 19.3 Å². The van der Waals surface area contributed by atoms with E-state index in [1.54, 1.807) is 0 Å². The van der Waals surface area contributed by atoms with Gasteiger partial charge < -0.3 is 5.32 Å². The summed E-state index contributed by atoms with van der Waals surface area (Å²) in [6, 6.07) is 0. The molecule has 0 aromatic carbocycles. The van der Waals surface area contributed by atoms with Crippen molar-refractivity contribution in [2.24, 2.45) is 11.8 Å². The summed E-state index contributed by atoms with van der Waals surface area (Å²) in [6.07, 6.45) is 2.27. The SMILES string of the molecule is CNCC1CCN(S(=O)(=O)NCC2CCS(=O)(=O)C2)CC1. The lowest BCUT2D eigenvalue weighted by atomic mass is 9.98. The predicted octanol–water partition coefficient (Wildman–Crippen LogP) is -0.813. The van der Waals surface area contributed by atoms with Gasteiger partial charge in [0.05, 0.1) is 11.5 Å². The quantitative estimate of drug-likeness (QED) is 0.660. The third kappa shape index (κ3) is 4.88. The molecule has 2 aliphatic rings. The van der Waals surface area contributed by atoms with Gasteiger partial charge in [-0.05, 0) is 44.7 Å². The first-order valence-corrected chi connectivity index (χ1v) is 10.7. The van der Waals surface area contributed by atoms with Gasteiger partial charge in [-0.2, -0.15) is 12.7 Å². The molecule has 7 nitrogen and oxygen atoms in total. The van der Waals surface area contributed by atoms with E-state index in [4.69, 9.17) is 0 Å². The maximum atomic E-state index is 12.2. The molecule has 0 radical (unpaired) electrons. The molecule has 1 atom stereocenters. The van der Waals surface area contributed by atoms with Crippen LogP contribution in [-0.2, 0) is 20.0 Å². The first kappa shape index (κ1) is 17.1. The summed E-state index contributed by atoms with van der Waals surface area (Å²) < 4.78 is 51.2. The van der Waals surface area contributed by atoms with Crippen molar-refractivity contribution >= 4 is 20.0 Å². The molecule has 2 N–H and O–H groups in total. The molecule has 0 saturated carbocycles. The highest BCUT2D eigenvalue weighted by atomic mass is 32.2. The highest BCUT2D eigenvalue weighted by Crippen LogP contribution is 2.20. The number of nitrogens with zero attached hydrogens (tertiary/aromatic N) is 1. The van der Waals surface area contributed by atoms with Crippen molar-refractivity contribution in [1.29, 1.82) is 0 Å². The lowest BCUT2D eigenvalue weighted by Crippen LogP contribution is -2.47. The molecular weight excluding hydrogens is 314 g/mol. The minimum Gasteiger partial charge on any atom is -0.319 e. The Balaban J connectivity index is 1.80. The molecule has 21 heavy (non-hydrogen) atoms. The normalized spacial score (nSPS) is 28.0. The number of rotatable bonds is 6. The molecule has 9 heteroatoms. The Kier molecular flexibility index (Phi) is 5.64. The predicted molar refractivity (Wildman–Crippen MR) is 81.9 cm³/mol. The summed E-state index contributed by atoms with van der Waals surface area (Å²) in [5.74, 6) is 0.710. The minimum absolute atomic E-state index is 0.0911. The molecule has 0 aliphatic carbocycles. The maximum absolute atomic E-state index is 12.2. The van der Waals surface area contributed by atoms with Crippen molar-refractivity contribution in [3.8, 4) is 0 Å². The molecular formula is C12H25N3O4S2. The lowest BCUT2D eigenvalue weighted by molar-refractivity contribution is 0.267. The molecule has 0 amide bonds. The van der Waals surface area contributed by atoms with Gasteiger partial charge in [0, 0.05) is 19.6 Å². The van der Waals surface area contributed by atoms with E-state index in [2.05, 4.69) is 10.0 Å². The van der Waals surface area contributed by atoms with Crippen LogP contribution >= 0.6 is 0 Å². The Hall–Kier alpha value is -0.220. The Labute approximate surface area is 127 Å². The summed E-state index contributed by atoms with van der Waals surface area (Å²) in [5.41, 5.74) is 0. The fraction of sp³-hybridized carbons (Fsp3) is 1.00. The van der Waals surface area contributed by atoms with Gasteiger partial charge in [-0.25, -0.2) is 13.1 Å². The Morgan fingerprint density at radius 3 is 2.29 bits per heavy atom. The Bertz CT molecular complexity index is 539. The van der Waals surface area contributed by atoms with Crippen molar-refractivity contribution in [3.05, 3.63) is 0 Å². The zero-order valence-electron chi connectivity index (χ0n) is 12.4. The van der Waals surface area contributed by atoms with Gasteiger partial charge >= 0.3 is 0 Å². The number of hydrogen-bond donors (Lipinski definition) is 2. The van der Waals surface area contributed by atoms with E-state index in [9.17, 15) is 16.8 Å².